The molecular weight excluding hydrogens is 471 g/mol. The van der Waals surface area contributed by atoms with Crippen molar-refractivity contribution in [1.29, 1.82) is 0 Å². The third-order valence-corrected chi connectivity index (χ3v) is 3.72. The summed E-state index contributed by atoms with van der Waals surface area (Å²) in [5, 5.41) is 9.45. The van der Waals surface area contributed by atoms with Gasteiger partial charge in [0.1, 0.15) is 11.4 Å². The third-order valence-electron chi connectivity index (χ3n) is 3.72. The first-order chi connectivity index (χ1) is 12.8. The summed E-state index contributed by atoms with van der Waals surface area (Å²) < 4.78 is 10.5. The van der Waals surface area contributed by atoms with Crippen LogP contribution in [0.3, 0.4) is 0 Å². The molecule has 1 amide bonds. The molecule has 1 aromatic carbocycles. The second-order valence-electron chi connectivity index (χ2n) is 7.29. The Labute approximate surface area is 186 Å². The first-order valence-corrected chi connectivity index (χ1v) is 9.34. The molecule has 1 unspecified atom stereocenters. The lowest BCUT2D eigenvalue weighted by Gasteiger charge is -2.24. The molecule has 0 aliphatic heterocycles. The van der Waals surface area contributed by atoms with Crippen molar-refractivity contribution < 1.29 is 14.3 Å². The summed E-state index contributed by atoms with van der Waals surface area (Å²) in [4.78, 5) is 16.2. The van der Waals surface area contributed by atoms with Gasteiger partial charge in [-0.3, -0.25) is 4.99 Å². The number of rotatable bonds is 8. The van der Waals surface area contributed by atoms with Crippen molar-refractivity contribution in [3.8, 4) is 5.75 Å². The molecule has 7 nitrogen and oxygen atoms in total. The van der Waals surface area contributed by atoms with Crippen LogP contribution in [-0.2, 0) is 11.3 Å². The molecule has 0 aromatic heterocycles. The van der Waals surface area contributed by atoms with E-state index in [4.69, 9.17) is 9.47 Å². The molecule has 1 aromatic rings. The predicted octanol–water partition coefficient (Wildman–Crippen LogP) is 3.67. The minimum absolute atomic E-state index is 0. The van der Waals surface area contributed by atoms with E-state index in [2.05, 4.69) is 27.9 Å². The standard InChI is InChI=1S/C20H34N4O3.HI/c1-7-8-16(24-19(25)27-20(2,3)4)14-23-18(21-5)22-13-15-9-11-17(26-6)12-10-15;/h9-12,16H,7-8,13-14H2,1-6H3,(H,24,25)(H2,21,22,23);1H. The van der Waals surface area contributed by atoms with Gasteiger partial charge in [-0.05, 0) is 44.9 Å². The number of carbonyl (C=O) groups is 1. The van der Waals surface area contributed by atoms with Gasteiger partial charge in [0.25, 0.3) is 0 Å². The molecule has 0 fully saturated rings. The van der Waals surface area contributed by atoms with Crippen molar-refractivity contribution in [3.63, 3.8) is 0 Å². The zero-order chi connectivity index (χ0) is 20.3. The Morgan fingerprint density at radius 2 is 1.82 bits per heavy atom. The maximum atomic E-state index is 12.0. The number of methoxy groups -OCH3 is 1. The van der Waals surface area contributed by atoms with Gasteiger partial charge in [-0.25, -0.2) is 4.79 Å². The maximum absolute atomic E-state index is 12.0. The minimum Gasteiger partial charge on any atom is -0.497 e. The maximum Gasteiger partial charge on any atom is 0.407 e. The molecule has 1 rings (SSSR count). The fourth-order valence-corrected chi connectivity index (χ4v) is 2.42. The van der Waals surface area contributed by atoms with Crippen LogP contribution in [0.5, 0.6) is 5.75 Å². The van der Waals surface area contributed by atoms with Crippen LogP contribution in [0, 0.1) is 0 Å². The number of alkyl carbamates (subject to hydrolysis) is 1. The highest BCUT2D eigenvalue weighted by molar-refractivity contribution is 14.0. The first-order valence-electron chi connectivity index (χ1n) is 9.34. The molecule has 8 heteroatoms. The molecule has 28 heavy (non-hydrogen) atoms. The van der Waals surface area contributed by atoms with E-state index < -0.39 is 11.7 Å². The van der Waals surface area contributed by atoms with Crippen LogP contribution in [0.25, 0.3) is 0 Å². The Balaban J connectivity index is 0.00000729. The summed E-state index contributed by atoms with van der Waals surface area (Å²) >= 11 is 0. The average Bonchev–Trinajstić information content (AvgIpc) is 2.60. The number of guanidine groups is 1. The second kappa shape index (κ2) is 13.5. The molecule has 160 valence electrons. The van der Waals surface area contributed by atoms with Gasteiger partial charge in [0.15, 0.2) is 5.96 Å². The van der Waals surface area contributed by atoms with Crippen LogP contribution >= 0.6 is 24.0 Å². The zero-order valence-corrected chi connectivity index (χ0v) is 20.1. The molecular formula is C20H35IN4O3. The number of nitrogens with zero attached hydrogens (tertiary/aromatic N) is 1. The highest BCUT2D eigenvalue weighted by Gasteiger charge is 2.19. The topological polar surface area (TPSA) is 84.0 Å². The van der Waals surface area contributed by atoms with Crippen LogP contribution in [0.2, 0.25) is 0 Å². The lowest BCUT2D eigenvalue weighted by Crippen LogP contribution is -2.48. The Hall–Kier alpha value is -1.71. The van der Waals surface area contributed by atoms with E-state index >= 15 is 0 Å². The van der Waals surface area contributed by atoms with Crippen molar-refractivity contribution in [2.24, 2.45) is 4.99 Å². The first kappa shape index (κ1) is 26.3. The number of ether oxygens (including phenoxy) is 2. The molecule has 0 bridgehead atoms. The number of hydrogen-bond donors (Lipinski definition) is 3. The van der Waals surface area contributed by atoms with E-state index in [0.29, 0.717) is 19.0 Å². The molecule has 0 aliphatic rings. The van der Waals surface area contributed by atoms with Crippen LogP contribution in [0.15, 0.2) is 29.3 Å². The molecule has 1 atom stereocenters. The Morgan fingerprint density at radius 3 is 2.32 bits per heavy atom. The van der Waals surface area contributed by atoms with Gasteiger partial charge in [-0.2, -0.15) is 0 Å². The molecule has 0 heterocycles. The van der Waals surface area contributed by atoms with E-state index in [-0.39, 0.29) is 30.0 Å². The van der Waals surface area contributed by atoms with Crippen molar-refractivity contribution in [3.05, 3.63) is 29.8 Å². The summed E-state index contributed by atoms with van der Waals surface area (Å²) in [6.45, 7) is 8.84. The van der Waals surface area contributed by atoms with Gasteiger partial charge in [0.05, 0.1) is 7.11 Å². The van der Waals surface area contributed by atoms with Crippen LogP contribution in [-0.4, -0.2) is 44.4 Å². The molecule has 0 saturated heterocycles. The molecule has 0 saturated carbocycles. The fourth-order valence-electron chi connectivity index (χ4n) is 2.42. The van der Waals surface area contributed by atoms with Gasteiger partial charge < -0.3 is 25.4 Å². The number of halogens is 1. The molecule has 3 N–H and O–H groups in total. The van der Waals surface area contributed by atoms with E-state index in [1.165, 1.54) is 0 Å². The largest absolute Gasteiger partial charge is 0.497 e. The zero-order valence-electron chi connectivity index (χ0n) is 17.8. The predicted molar refractivity (Wildman–Crippen MR) is 125 cm³/mol. The van der Waals surface area contributed by atoms with Crippen molar-refractivity contribution >= 4 is 36.0 Å². The van der Waals surface area contributed by atoms with Gasteiger partial charge in [0.2, 0.25) is 0 Å². The lowest BCUT2D eigenvalue weighted by molar-refractivity contribution is 0.0502. The number of hydrogen-bond acceptors (Lipinski definition) is 4. The van der Waals surface area contributed by atoms with E-state index in [9.17, 15) is 4.79 Å². The van der Waals surface area contributed by atoms with Crippen LogP contribution in [0.4, 0.5) is 4.79 Å². The highest BCUT2D eigenvalue weighted by atomic mass is 127. The van der Waals surface area contributed by atoms with Gasteiger partial charge in [0, 0.05) is 26.2 Å². The van der Waals surface area contributed by atoms with Crippen LogP contribution < -0.4 is 20.7 Å². The Morgan fingerprint density at radius 1 is 1.18 bits per heavy atom. The average molecular weight is 506 g/mol. The minimum atomic E-state index is -0.510. The smallest absolute Gasteiger partial charge is 0.407 e. The highest BCUT2D eigenvalue weighted by Crippen LogP contribution is 2.11. The van der Waals surface area contributed by atoms with Crippen LogP contribution in [0.1, 0.15) is 46.1 Å². The summed E-state index contributed by atoms with van der Waals surface area (Å²) in [6.07, 6.45) is 1.41. The molecule has 0 aliphatic carbocycles. The number of amides is 1. The summed E-state index contributed by atoms with van der Waals surface area (Å²) in [7, 11) is 3.37. The van der Waals surface area contributed by atoms with E-state index in [1.54, 1.807) is 14.2 Å². The Bertz CT molecular complexity index is 600. The molecule has 0 radical (unpaired) electrons. The lowest BCUT2D eigenvalue weighted by atomic mass is 10.1. The Kier molecular flexibility index (Phi) is 12.6. The quantitative estimate of drug-likeness (QED) is 0.285. The summed E-state index contributed by atoms with van der Waals surface area (Å²) in [5.41, 5.74) is 0.611. The number of aliphatic imine (C=N–C) groups is 1. The summed E-state index contributed by atoms with van der Waals surface area (Å²) in [5.74, 6) is 1.51. The summed E-state index contributed by atoms with van der Waals surface area (Å²) in [6, 6.07) is 7.82. The van der Waals surface area contributed by atoms with Crippen molar-refractivity contribution in [2.45, 2.75) is 58.7 Å². The SMILES string of the molecule is CCCC(CNC(=NC)NCc1ccc(OC)cc1)NC(=O)OC(C)(C)C.I. The normalized spacial score (nSPS) is 12.4. The van der Waals surface area contributed by atoms with E-state index in [0.717, 1.165) is 24.2 Å². The molecule has 0 spiro atoms. The monoisotopic (exact) mass is 506 g/mol. The van der Waals surface area contributed by atoms with Crippen molar-refractivity contribution in [2.75, 3.05) is 20.7 Å². The number of nitrogens with one attached hydrogen (secondary N) is 3. The second-order valence-corrected chi connectivity index (χ2v) is 7.29. The van der Waals surface area contributed by atoms with Gasteiger partial charge in [-0.1, -0.05) is 25.5 Å². The third kappa shape index (κ3) is 11.2. The number of benzene rings is 1. The fraction of sp³-hybridized carbons (Fsp3) is 0.600. The number of carbonyl (C=O) groups excluding carboxylic acids is 1. The van der Waals surface area contributed by atoms with Crippen molar-refractivity contribution in [1.82, 2.24) is 16.0 Å². The van der Waals surface area contributed by atoms with Gasteiger partial charge in [-0.15, -0.1) is 24.0 Å². The van der Waals surface area contributed by atoms with E-state index in [1.807, 2.05) is 45.0 Å². The van der Waals surface area contributed by atoms with Gasteiger partial charge >= 0.3 is 6.09 Å².